The van der Waals surface area contributed by atoms with E-state index in [1.807, 2.05) is 0 Å². The first-order chi connectivity index (χ1) is 13.0. The molecule has 4 bridgehead atoms. The van der Waals surface area contributed by atoms with Crippen LogP contribution >= 0.6 is 0 Å². The maximum Gasteiger partial charge on any atom is 0.426 e. The first kappa shape index (κ1) is 20.4. The van der Waals surface area contributed by atoms with Crippen molar-refractivity contribution in [2.24, 2.45) is 0 Å². The van der Waals surface area contributed by atoms with Gasteiger partial charge in [-0.25, -0.2) is 4.98 Å². The summed E-state index contributed by atoms with van der Waals surface area (Å²) in [5, 5.41) is 16.9. The molecule has 0 aromatic carbocycles. The molecular formula is C16H15F6N3O3. The lowest BCUT2D eigenvalue weighted by Gasteiger charge is -2.26. The van der Waals surface area contributed by atoms with E-state index in [-0.39, 0.29) is 18.7 Å². The number of rotatable bonds is 0. The molecule has 3 rings (SSSR count). The zero-order valence-electron chi connectivity index (χ0n) is 14.3. The molecule has 6 nitrogen and oxygen atoms in total. The molecule has 2 aromatic heterocycles. The number of pyridine rings is 1. The normalized spacial score (nSPS) is 21.7. The summed E-state index contributed by atoms with van der Waals surface area (Å²) in [4.78, 5) is 3.68. The third kappa shape index (κ3) is 3.91. The summed E-state index contributed by atoms with van der Waals surface area (Å²) in [6.45, 7) is -0.0991. The first-order valence-corrected chi connectivity index (χ1v) is 8.37. The molecule has 0 saturated heterocycles. The fourth-order valence-electron chi connectivity index (χ4n) is 2.75. The van der Waals surface area contributed by atoms with Gasteiger partial charge in [0.25, 0.3) is 11.8 Å². The van der Waals surface area contributed by atoms with Gasteiger partial charge >= 0.3 is 12.4 Å². The van der Waals surface area contributed by atoms with Gasteiger partial charge in [0.15, 0.2) is 0 Å². The Kier molecular flexibility index (Phi) is 5.26. The van der Waals surface area contributed by atoms with Crippen molar-refractivity contribution in [1.82, 2.24) is 15.2 Å². The van der Waals surface area contributed by atoms with E-state index < -0.39 is 47.6 Å². The predicted molar refractivity (Wildman–Crippen MR) is 81.1 cm³/mol. The Labute approximate surface area is 154 Å². The van der Waals surface area contributed by atoms with Gasteiger partial charge in [-0.05, 0) is 31.4 Å². The van der Waals surface area contributed by atoms with Crippen LogP contribution in [0.15, 0.2) is 16.5 Å². The SMILES string of the molecule is O[C@]1(C(F)(F)F)CCCCCCOc2nc(ccc2C(F)(F)F)-c2nnc1o2. The number of fused-ring (bicyclic) bond motifs is 5. The third-order valence-electron chi connectivity index (χ3n) is 4.30. The molecular weight excluding hydrogens is 396 g/mol. The summed E-state index contributed by atoms with van der Waals surface area (Å²) in [5.74, 6) is -2.38. The highest BCUT2D eigenvalue weighted by Gasteiger charge is 2.58. The highest BCUT2D eigenvalue weighted by molar-refractivity contribution is 5.50. The van der Waals surface area contributed by atoms with Crippen LogP contribution in [0, 0.1) is 0 Å². The van der Waals surface area contributed by atoms with E-state index in [0.29, 0.717) is 25.3 Å². The van der Waals surface area contributed by atoms with Crippen LogP contribution in [0.5, 0.6) is 5.88 Å². The van der Waals surface area contributed by atoms with E-state index in [1.54, 1.807) is 0 Å². The van der Waals surface area contributed by atoms with Crippen molar-refractivity contribution in [2.45, 2.75) is 50.1 Å². The van der Waals surface area contributed by atoms with Crippen LogP contribution in [0.3, 0.4) is 0 Å². The zero-order valence-corrected chi connectivity index (χ0v) is 14.3. The van der Waals surface area contributed by atoms with Gasteiger partial charge < -0.3 is 14.3 Å². The zero-order chi connectivity index (χ0) is 20.6. The minimum atomic E-state index is -5.07. The van der Waals surface area contributed by atoms with Crippen molar-refractivity contribution in [1.29, 1.82) is 0 Å². The lowest BCUT2D eigenvalue weighted by atomic mass is 9.95. The van der Waals surface area contributed by atoms with E-state index in [0.717, 1.165) is 6.07 Å². The van der Waals surface area contributed by atoms with Crippen molar-refractivity contribution in [3.63, 3.8) is 0 Å². The van der Waals surface area contributed by atoms with Gasteiger partial charge in [-0.3, -0.25) is 0 Å². The van der Waals surface area contributed by atoms with Crippen molar-refractivity contribution < 1.29 is 40.6 Å². The Hall–Kier alpha value is -2.37. The number of ether oxygens (including phenoxy) is 1. The highest BCUT2D eigenvalue weighted by atomic mass is 19.4. The number of hydrogen-bond acceptors (Lipinski definition) is 6. The largest absolute Gasteiger partial charge is 0.477 e. The quantitative estimate of drug-likeness (QED) is 0.653. The van der Waals surface area contributed by atoms with Crippen LogP contribution < -0.4 is 4.74 Å². The molecule has 3 heterocycles. The molecule has 12 heteroatoms. The molecule has 1 aliphatic heterocycles. The molecule has 0 saturated carbocycles. The fraction of sp³-hybridized carbons (Fsp3) is 0.562. The number of nitrogens with zero attached hydrogens (tertiary/aromatic N) is 3. The lowest BCUT2D eigenvalue weighted by Crippen LogP contribution is -2.42. The molecule has 154 valence electrons. The smallest absolute Gasteiger partial charge is 0.426 e. The van der Waals surface area contributed by atoms with Crippen molar-refractivity contribution >= 4 is 0 Å². The number of hydrogen-bond donors (Lipinski definition) is 1. The summed E-state index contributed by atoms with van der Waals surface area (Å²) >= 11 is 0. The molecule has 0 amide bonds. The summed E-state index contributed by atoms with van der Waals surface area (Å²) in [6.07, 6.45) is -9.51. The highest BCUT2D eigenvalue weighted by Crippen LogP contribution is 2.43. The average Bonchev–Trinajstić information content (AvgIpc) is 3.08. The second-order valence-electron chi connectivity index (χ2n) is 6.33. The first-order valence-electron chi connectivity index (χ1n) is 8.37. The van der Waals surface area contributed by atoms with E-state index in [1.165, 1.54) is 0 Å². The van der Waals surface area contributed by atoms with Crippen LogP contribution in [0.4, 0.5) is 26.3 Å². The van der Waals surface area contributed by atoms with E-state index in [4.69, 9.17) is 9.15 Å². The number of aromatic nitrogens is 3. The Balaban J connectivity index is 2.08. The summed E-state index contributed by atoms with van der Waals surface area (Å²) < 4.78 is 89.8. The lowest BCUT2D eigenvalue weighted by molar-refractivity contribution is -0.277. The molecule has 0 unspecified atom stereocenters. The van der Waals surface area contributed by atoms with E-state index in [9.17, 15) is 31.4 Å². The maximum atomic E-state index is 13.4. The molecule has 0 fully saturated rings. The standard InChI is InChI=1S/C16H15F6N3O3/c17-15(18,19)9-5-6-10-12-24-25-13(28-12)14(26,16(20,21)22)7-3-1-2-4-8-27-11(9)23-10/h5-6,26H,1-4,7-8H2/t14-/m1/s1. The summed E-state index contributed by atoms with van der Waals surface area (Å²) in [6, 6.07) is 1.55. The number of halogens is 6. The van der Waals surface area contributed by atoms with Gasteiger partial charge in [-0.15, -0.1) is 10.2 Å². The van der Waals surface area contributed by atoms with E-state index >= 15 is 0 Å². The van der Waals surface area contributed by atoms with Crippen LogP contribution in [-0.4, -0.2) is 33.1 Å². The average molecular weight is 411 g/mol. The van der Waals surface area contributed by atoms with Crippen LogP contribution in [0.1, 0.15) is 43.6 Å². The monoisotopic (exact) mass is 411 g/mol. The van der Waals surface area contributed by atoms with Crippen LogP contribution in [0.25, 0.3) is 11.6 Å². The van der Waals surface area contributed by atoms with Crippen LogP contribution in [0.2, 0.25) is 0 Å². The number of aliphatic hydroxyl groups is 1. The topological polar surface area (TPSA) is 81.3 Å². The van der Waals surface area contributed by atoms with Crippen molar-refractivity contribution in [2.75, 3.05) is 6.61 Å². The van der Waals surface area contributed by atoms with Crippen LogP contribution in [-0.2, 0) is 11.8 Å². The molecule has 1 N–H and O–H groups in total. The Bertz CT molecular complexity index is 836. The Morgan fingerprint density at radius 2 is 1.68 bits per heavy atom. The van der Waals surface area contributed by atoms with Crippen molar-refractivity contribution in [3.05, 3.63) is 23.6 Å². The summed E-state index contributed by atoms with van der Waals surface area (Å²) in [5.41, 5.74) is -4.79. The fourth-order valence-corrected chi connectivity index (χ4v) is 2.75. The van der Waals surface area contributed by atoms with E-state index in [2.05, 4.69) is 15.2 Å². The second-order valence-corrected chi connectivity index (χ2v) is 6.33. The Morgan fingerprint density at radius 3 is 2.36 bits per heavy atom. The van der Waals surface area contributed by atoms with Crippen molar-refractivity contribution in [3.8, 4) is 17.5 Å². The molecule has 0 aliphatic carbocycles. The second kappa shape index (κ2) is 7.22. The van der Waals surface area contributed by atoms with Gasteiger partial charge in [-0.2, -0.15) is 26.3 Å². The molecule has 28 heavy (non-hydrogen) atoms. The predicted octanol–water partition coefficient (Wildman–Crippen LogP) is 4.24. The third-order valence-corrected chi connectivity index (χ3v) is 4.30. The summed E-state index contributed by atoms with van der Waals surface area (Å²) in [7, 11) is 0. The molecule has 0 radical (unpaired) electrons. The van der Waals surface area contributed by atoms with Gasteiger partial charge in [0.2, 0.25) is 11.5 Å². The molecule has 1 aliphatic rings. The van der Waals surface area contributed by atoms with Gasteiger partial charge in [-0.1, -0.05) is 12.8 Å². The molecule has 0 spiro atoms. The molecule has 1 atom stereocenters. The molecule has 2 aromatic rings. The Morgan fingerprint density at radius 1 is 0.964 bits per heavy atom. The van der Waals surface area contributed by atoms with Gasteiger partial charge in [0.05, 0.1) is 6.61 Å². The minimum absolute atomic E-state index is 0.00886. The number of alkyl halides is 6. The maximum absolute atomic E-state index is 13.4. The van der Waals surface area contributed by atoms with Gasteiger partial charge in [0.1, 0.15) is 11.3 Å². The van der Waals surface area contributed by atoms with Gasteiger partial charge in [0, 0.05) is 0 Å². The minimum Gasteiger partial charge on any atom is -0.477 e.